The van der Waals surface area contributed by atoms with Crippen LogP contribution in [0.1, 0.15) is 46.0 Å². The van der Waals surface area contributed by atoms with Crippen molar-refractivity contribution in [2.45, 2.75) is 25.8 Å². The Morgan fingerprint density at radius 3 is 2.18 bits per heavy atom. The van der Waals surface area contributed by atoms with Crippen molar-refractivity contribution in [3.63, 3.8) is 0 Å². The van der Waals surface area contributed by atoms with Crippen molar-refractivity contribution in [3.8, 4) is 0 Å². The Morgan fingerprint density at radius 2 is 1.55 bits per heavy atom. The van der Waals surface area contributed by atoms with Crippen molar-refractivity contribution in [1.29, 1.82) is 0 Å². The van der Waals surface area contributed by atoms with Gasteiger partial charge in [-0.1, -0.05) is 48.5 Å². The van der Waals surface area contributed by atoms with E-state index in [1.807, 2.05) is 25.1 Å². The predicted octanol–water partition coefficient (Wildman–Crippen LogP) is 3.45. The number of benzene rings is 2. The first-order chi connectivity index (χ1) is 10.7. The normalized spacial score (nSPS) is 15.1. The van der Waals surface area contributed by atoms with Gasteiger partial charge in [-0.25, -0.2) is 0 Å². The highest BCUT2D eigenvalue weighted by Gasteiger charge is 2.29. The average Bonchev–Trinajstić information content (AvgIpc) is 3.40. The van der Waals surface area contributed by atoms with Gasteiger partial charge in [0.05, 0.1) is 5.56 Å². The number of carbonyl (C=O) groups is 2. The first kappa shape index (κ1) is 14.5. The monoisotopic (exact) mass is 293 g/mol. The SMILES string of the molecule is C[C@H](NC(=O)c1ccccc1C(=O)c1ccccc1)C1CC1. The van der Waals surface area contributed by atoms with Crippen molar-refractivity contribution in [1.82, 2.24) is 5.32 Å². The van der Waals surface area contributed by atoms with Crippen LogP contribution in [0.3, 0.4) is 0 Å². The van der Waals surface area contributed by atoms with Crippen LogP contribution in [0.5, 0.6) is 0 Å². The number of ketones is 1. The van der Waals surface area contributed by atoms with Crippen LogP contribution in [0.2, 0.25) is 0 Å². The minimum Gasteiger partial charge on any atom is -0.349 e. The number of amides is 1. The van der Waals surface area contributed by atoms with Gasteiger partial charge >= 0.3 is 0 Å². The Kier molecular flexibility index (Phi) is 4.05. The highest BCUT2D eigenvalue weighted by molar-refractivity contribution is 6.15. The molecule has 1 atom stereocenters. The molecule has 1 aliphatic rings. The highest BCUT2D eigenvalue weighted by Crippen LogP contribution is 2.32. The third-order valence-electron chi connectivity index (χ3n) is 4.14. The predicted molar refractivity (Wildman–Crippen MR) is 86.0 cm³/mol. The topological polar surface area (TPSA) is 46.2 Å². The smallest absolute Gasteiger partial charge is 0.252 e. The van der Waals surface area contributed by atoms with Crippen LogP contribution in [0.15, 0.2) is 54.6 Å². The van der Waals surface area contributed by atoms with Crippen molar-refractivity contribution in [3.05, 3.63) is 71.3 Å². The molecule has 0 bridgehead atoms. The minimum absolute atomic E-state index is 0.120. The van der Waals surface area contributed by atoms with E-state index in [0.717, 1.165) is 0 Å². The fourth-order valence-corrected chi connectivity index (χ4v) is 2.62. The molecular weight excluding hydrogens is 274 g/mol. The molecule has 22 heavy (non-hydrogen) atoms. The summed E-state index contributed by atoms with van der Waals surface area (Å²) in [6, 6.07) is 16.2. The summed E-state index contributed by atoms with van der Waals surface area (Å²) in [5.74, 6) is 0.297. The van der Waals surface area contributed by atoms with Crippen LogP contribution in [0.25, 0.3) is 0 Å². The van der Waals surface area contributed by atoms with Gasteiger partial charge in [0.15, 0.2) is 5.78 Å². The lowest BCUT2D eigenvalue weighted by molar-refractivity contribution is 0.0926. The summed E-state index contributed by atoms with van der Waals surface area (Å²) in [5.41, 5.74) is 1.50. The molecule has 1 fully saturated rings. The van der Waals surface area contributed by atoms with E-state index in [4.69, 9.17) is 0 Å². The molecule has 0 unspecified atom stereocenters. The van der Waals surface area contributed by atoms with Crippen LogP contribution in [0, 0.1) is 5.92 Å². The van der Waals surface area contributed by atoms with Gasteiger partial charge < -0.3 is 5.32 Å². The lowest BCUT2D eigenvalue weighted by atomic mass is 9.97. The Balaban J connectivity index is 1.86. The van der Waals surface area contributed by atoms with E-state index in [0.29, 0.717) is 22.6 Å². The molecule has 2 aromatic rings. The summed E-state index contributed by atoms with van der Waals surface area (Å²) < 4.78 is 0. The molecule has 1 aliphatic carbocycles. The van der Waals surface area contributed by atoms with E-state index in [1.165, 1.54) is 12.8 Å². The molecule has 1 N–H and O–H groups in total. The molecule has 0 heterocycles. The molecule has 0 saturated heterocycles. The lowest BCUT2D eigenvalue weighted by Gasteiger charge is -2.14. The maximum Gasteiger partial charge on any atom is 0.252 e. The molecule has 3 nitrogen and oxygen atoms in total. The van der Waals surface area contributed by atoms with Crippen LogP contribution in [0.4, 0.5) is 0 Å². The Bertz CT molecular complexity index is 690. The molecule has 0 radical (unpaired) electrons. The zero-order chi connectivity index (χ0) is 15.5. The minimum atomic E-state index is -0.167. The van der Waals surface area contributed by atoms with Gasteiger partial charge in [0.2, 0.25) is 0 Å². The van der Waals surface area contributed by atoms with Crippen LogP contribution >= 0.6 is 0 Å². The number of carbonyl (C=O) groups excluding carboxylic acids is 2. The van der Waals surface area contributed by atoms with E-state index in [9.17, 15) is 9.59 Å². The first-order valence-electron chi connectivity index (χ1n) is 7.66. The van der Waals surface area contributed by atoms with Gasteiger partial charge in [0.25, 0.3) is 5.91 Å². The van der Waals surface area contributed by atoms with E-state index in [2.05, 4.69) is 5.32 Å². The standard InChI is InChI=1S/C19H19NO2/c1-13(14-11-12-14)20-19(22)17-10-6-5-9-16(17)18(21)15-7-3-2-4-8-15/h2-10,13-14H,11-12H2,1H3,(H,20,22)/t13-/m0/s1. The number of nitrogens with one attached hydrogen (secondary N) is 1. The summed E-state index contributed by atoms with van der Waals surface area (Å²) in [7, 11) is 0. The molecule has 3 heteroatoms. The van der Waals surface area contributed by atoms with Crippen LogP contribution in [-0.4, -0.2) is 17.7 Å². The summed E-state index contributed by atoms with van der Waals surface area (Å²) >= 11 is 0. The third kappa shape index (κ3) is 3.08. The van der Waals surface area contributed by atoms with Gasteiger partial charge in [-0.15, -0.1) is 0 Å². The van der Waals surface area contributed by atoms with Crippen LogP contribution < -0.4 is 5.32 Å². The quantitative estimate of drug-likeness (QED) is 0.858. The van der Waals surface area contributed by atoms with Gasteiger partial charge in [-0.05, 0) is 31.7 Å². The van der Waals surface area contributed by atoms with Crippen molar-refractivity contribution in [2.75, 3.05) is 0 Å². The Labute approximate surface area is 130 Å². The molecule has 112 valence electrons. The second-order valence-electron chi connectivity index (χ2n) is 5.84. The fraction of sp³-hybridized carbons (Fsp3) is 0.263. The molecule has 1 saturated carbocycles. The maximum absolute atomic E-state index is 12.6. The first-order valence-corrected chi connectivity index (χ1v) is 7.66. The van der Waals surface area contributed by atoms with Crippen LogP contribution in [-0.2, 0) is 0 Å². The average molecular weight is 293 g/mol. The molecule has 3 rings (SSSR count). The second kappa shape index (κ2) is 6.14. The fourth-order valence-electron chi connectivity index (χ4n) is 2.62. The maximum atomic E-state index is 12.6. The molecule has 0 aliphatic heterocycles. The third-order valence-corrected chi connectivity index (χ3v) is 4.14. The number of hydrogen-bond donors (Lipinski definition) is 1. The summed E-state index contributed by atoms with van der Waals surface area (Å²) in [6.07, 6.45) is 2.35. The largest absolute Gasteiger partial charge is 0.349 e. The van der Waals surface area contributed by atoms with E-state index < -0.39 is 0 Å². The van der Waals surface area contributed by atoms with Gasteiger partial charge in [-0.3, -0.25) is 9.59 Å². The summed E-state index contributed by atoms with van der Waals surface area (Å²) in [6.45, 7) is 2.02. The van der Waals surface area contributed by atoms with Gasteiger partial charge in [-0.2, -0.15) is 0 Å². The molecule has 2 aromatic carbocycles. The lowest BCUT2D eigenvalue weighted by Crippen LogP contribution is -2.34. The summed E-state index contributed by atoms with van der Waals surface area (Å²) in [4.78, 5) is 25.1. The zero-order valence-corrected chi connectivity index (χ0v) is 12.6. The number of rotatable bonds is 5. The molecule has 0 spiro atoms. The zero-order valence-electron chi connectivity index (χ0n) is 12.6. The van der Waals surface area contributed by atoms with Gasteiger partial charge in [0, 0.05) is 17.2 Å². The summed E-state index contributed by atoms with van der Waals surface area (Å²) in [5, 5.41) is 3.01. The molecule has 1 amide bonds. The number of hydrogen-bond acceptors (Lipinski definition) is 2. The molecule has 0 aromatic heterocycles. The van der Waals surface area contributed by atoms with Crippen molar-refractivity contribution < 1.29 is 9.59 Å². The second-order valence-corrected chi connectivity index (χ2v) is 5.84. The highest BCUT2D eigenvalue weighted by atomic mass is 16.2. The van der Waals surface area contributed by atoms with Crippen molar-refractivity contribution in [2.24, 2.45) is 5.92 Å². The van der Waals surface area contributed by atoms with Crippen molar-refractivity contribution >= 4 is 11.7 Å². The van der Waals surface area contributed by atoms with E-state index >= 15 is 0 Å². The molecular formula is C19H19NO2. The Morgan fingerprint density at radius 1 is 0.955 bits per heavy atom. The van der Waals surface area contributed by atoms with E-state index in [-0.39, 0.29) is 17.7 Å². The Hall–Kier alpha value is -2.42. The van der Waals surface area contributed by atoms with Gasteiger partial charge in [0.1, 0.15) is 0 Å². The van der Waals surface area contributed by atoms with E-state index in [1.54, 1.807) is 36.4 Å².